The minimum Gasteiger partial charge on any atom is -0.0873 e. The van der Waals surface area contributed by atoms with Gasteiger partial charge < -0.3 is 0 Å². The average molecular weight is 437 g/mol. The first-order valence-electron chi connectivity index (χ1n) is 12.1. The van der Waals surface area contributed by atoms with Crippen molar-refractivity contribution in [3.05, 3.63) is 142 Å². The maximum Gasteiger partial charge on any atom is 0.0725 e. The van der Waals surface area contributed by atoms with E-state index >= 15 is 0 Å². The number of hydrogen-bond acceptors (Lipinski definition) is 0. The van der Waals surface area contributed by atoms with E-state index in [1.807, 2.05) is 0 Å². The Bertz CT molecular complexity index is 921. The van der Waals surface area contributed by atoms with Crippen molar-refractivity contribution < 1.29 is 0 Å². The Labute approximate surface area is 202 Å². The van der Waals surface area contributed by atoms with E-state index in [1.165, 1.54) is 44.6 Å². The van der Waals surface area contributed by atoms with Crippen molar-refractivity contribution in [3.63, 3.8) is 0 Å². The van der Waals surface area contributed by atoms with E-state index in [0.717, 1.165) is 0 Å². The lowest BCUT2D eigenvalue weighted by atomic mass is 9.66. The highest BCUT2D eigenvalue weighted by Gasteiger charge is 2.52. The summed E-state index contributed by atoms with van der Waals surface area (Å²) < 4.78 is 0. The molecule has 0 heteroatoms. The second-order valence-electron chi connectivity index (χ2n) is 8.06. The molecule has 172 valence electrons. The Hall–Kier alpha value is -3.12. The summed E-state index contributed by atoms with van der Waals surface area (Å²) in [5, 5.41) is 0. The van der Waals surface area contributed by atoms with Crippen molar-refractivity contribution in [3.8, 4) is 0 Å². The molecule has 0 heterocycles. The predicted octanol–water partition coefficient (Wildman–Crippen LogP) is 9.80. The standard InChI is InChI=1S/C33H40/c1-9-17-25-26(18-10-2)30(22-14-6)33(29(25)21-13-5)31(23-15-7)27(19-11-3)28(20-12-4)32(33)24-16-8/h9-24H,1-8H3/b17-9-,18-10-,19-11-,20-12-,21-13-,22-14-,23-15-,24-16-. The first kappa shape index (κ1) is 26.1. The molecule has 0 amide bonds. The van der Waals surface area contributed by atoms with Gasteiger partial charge in [0.15, 0.2) is 0 Å². The lowest BCUT2D eigenvalue weighted by molar-refractivity contribution is 0.691. The van der Waals surface area contributed by atoms with Gasteiger partial charge in [0, 0.05) is 0 Å². The van der Waals surface area contributed by atoms with Crippen LogP contribution in [-0.2, 0) is 0 Å². The SMILES string of the molecule is C/C=C\C1=C(/C=C\C)C2(C(/C=C\C)=C1/C=C\C)C(/C=C\C)=C(/C=C\C)C(/C=C\C)=C2/C=C\C. The fourth-order valence-electron chi connectivity index (χ4n) is 5.17. The zero-order valence-electron chi connectivity index (χ0n) is 21.7. The summed E-state index contributed by atoms with van der Waals surface area (Å²) in [5.74, 6) is 0. The third-order valence-electron chi connectivity index (χ3n) is 6.02. The molecule has 0 aliphatic heterocycles. The number of hydrogen-bond donors (Lipinski definition) is 0. The molecule has 0 aromatic carbocycles. The van der Waals surface area contributed by atoms with Gasteiger partial charge in [0.1, 0.15) is 0 Å². The molecule has 2 aliphatic rings. The van der Waals surface area contributed by atoms with Gasteiger partial charge in [-0.3, -0.25) is 0 Å². The van der Waals surface area contributed by atoms with Gasteiger partial charge >= 0.3 is 0 Å². The summed E-state index contributed by atoms with van der Waals surface area (Å²) in [4.78, 5) is 0. The van der Waals surface area contributed by atoms with Crippen LogP contribution in [0, 0.1) is 5.41 Å². The third-order valence-corrected chi connectivity index (χ3v) is 6.02. The van der Waals surface area contributed by atoms with Gasteiger partial charge in [-0.05, 0) is 100.0 Å². The van der Waals surface area contributed by atoms with Gasteiger partial charge in [-0.1, -0.05) is 97.2 Å². The first-order valence-corrected chi connectivity index (χ1v) is 12.1. The highest BCUT2D eigenvalue weighted by atomic mass is 14.5. The molecule has 2 rings (SSSR count). The van der Waals surface area contributed by atoms with Crippen LogP contribution in [-0.4, -0.2) is 0 Å². The summed E-state index contributed by atoms with van der Waals surface area (Å²) in [6, 6.07) is 0. The Morgan fingerprint density at radius 1 is 0.303 bits per heavy atom. The molecule has 1 spiro atoms. The van der Waals surface area contributed by atoms with Crippen molar-refractivity contribution in [1.82, 2.24) is 0 Å². The Morgan fingerprint density at radius 3 is 0.636 bits per heavy atom. The number of allylic oxidation sites excluding steroid dienone is 24. The number of rotatable bonds is 8. The second-order valence-corrected chi connectivity index (χ2v) is 8.06. The first-order chi connectivity index (χ1) is 16.1. The zero-order valence-corrected chi connectivity index (χ0v) is 21.7. The molecule has 0 N–H and O–H groups in total. The lowest BCUT2D eigenvalue weighted by Crippen LogP contribution is -2.25. The lowest BCUT2D eigenvalue weighted by Gasteiger charge is -2.35. The largest absolute Gasteiger partial charge is 0.0873 e. The summed E-state index contributed by atoms with van der Waals surface area (Å²) in [6.07, 6.45) is 35.7. The highest BCUT2D eigenvalue weighted by molar-refractivity contribution is 5.82. The van der Waals surface area contributed by atoms with Crippen molar-refractivity contribution in [1.29, 1.82) is 0 Å². The molecule has 0 bridgehead atoms. The molecule has 0 unspecified atom stereocenters. The van der Waals surface area contributed by atoms with Crippen LogP contribution >= 0.6 is 0 Å². The van der Waals surface area contributed by atoms with Gasteiger partial charge in [-0.25, -0.2) is 0 Å². The molecule has 0 saturated heterocycles. The van der Waals surface area contributed by atoms with Crippen LogP contribution in [0.1, 0.15) is 55.4 Å². The van der Waals surface area contributed by atoms with E-state index in [2.05, 4.69) is 153 Å². The minimum absolute atomic E-state index is 0.384. The monoisotopic (exact) mass is 436 g/mol. The maximum absolute atomic E-state index is 2.31. The van der Waals surface area contributed by atoms with E-state index in [-0.39, 0.29) is 5.41 Å². The molecule has 0 nitrogen and oxygen atoms in total. The van der Waals surface area contributed by atoms with Gasteiger partial charge in [0.25, 0.3) is 0 Å². The van der Waals surface area contributed by atoms with Gasteiger partial charge in [0.05, 0.1) is 5.41 Å². The van der Waals surface area contributed by atoms with Crippen LogP contribution < -0.4 is 0 Å². The quantitative estimate of drug-likeness (QED) is 0.355. The molecule has 0 fully saturated rings. The highest BCUT2D eigenvalue weighted by Crippen LogP contribution is 2.64. The normalized spacial score (nSPS) is 20.1. The van der Waals surface area contributed by atoms with Crippen LogP contribution in [0.3, 0.4) is 0 Å². The summed E-state index contributed by atoms with van der Waals surface area (Å²) in [5.41, 5.74) is 10.1. The summed E-state index contributed by atoms with van der Waals surface area (Å²) in [6.45, 7) is 16.9. The summed E-state index contributed by atoms with van der Waals surface area (Å²) in [7, 11) is 0. The molecule has 2 aliphatic carbocycles. The van der Waals surface area contributed by atoms with Crippen LogP contribution in [0.4, 0.5) is 0 Å². The molecule has 0 saturated carbocycles. The van der Waals surface area contributed by atoms with Crippen molar-refractivity contribution in [2.45, 2.75) is 55.4 Å². The van der Waals surface area contributed by atoms with E-state index in [0.29, 0.717) is 0 Å². The molecule has 0 atom stereocenters. The molecular weight excluding hydrogens is 396 g/mol. The van der Waals surface area contributed by atoms with Crippen LogP contribution in [0.25, 0.3) is 0 Å². The Morgan fingerprint density at radius 2 is 0.485 bits per heavy atom. The summed E-state index contributed by atoms with van der Waals surface area (Å²) >= 11 is 0. The molecule has 0 aromatic rings. The van der Waals surface area contributed by atoms with Crippen LogP contribution in [0.2, 0.25) is 0 Å². The topological polar surface area (TPSA) is 0 Å². The van der Waals surface area contributed by atoms with Crippen LogP contribution in [0.5, 0.6) is 0 Å². The molecule has 0 radical (unpaired) electrons. The molecule has 33 heavy (non-hydrogen) atoms. The van der Waals surface area contributed by atoms with Gasteiger partial charge in [-0.2, -0.15) is 0 Å². The van der Waals surface area contributed by atoms with E-state index in [4.69, 9.17) is 0 Å². The van der Waals surface area contributed by atoms with Crippen LogP contribution in [0.15, 0.2) is 142 Å². The zero-order chi connectivity index (χ0) is 24.4. The molecule has 0 aromatic heterocycles. The molecular formula is C33H40. The van der Waals surface area contributed by atoms with Gasteiger partial charge in [0.2, 0.25) is 0 Å². The second kappa shape index (κ2) is 12.2. The van der Waals surface area contributed by atoms with Gasteiger partial charge in [-0.15, -0.1) is 0 Å². The average Bonchev–Trinajstić information content (AvgIpc) is 3.18. The third kappa shape index (κ3) is 4.40. The van der Waals surface area contributed by atoms with Crippen molar-refractivity contribution in [2.75, 3.05) is 0 Å². The van der Waals surface area contributed by atoms with E-state index in [1.54, 1.807) is 0 Å². The van der Waals surface area contributed by atoms with Crippen molar-refractivity contribution >= 4 is 0 Å². The van der Waals surface area contributed by atoms with Crippen molar-refractivity contribution in [2.24, 2.45) is 5.41 Å². The minimum atomic E-state index is -0.384. The Kier molecular flexibility index (Phi) is 9.67. The fourth-order valence-corrected chi connectivity index (χ4v) is 5.17. The Balaban J connectivity index is 3.37. The van der Waals surface area contributed by atoms with E-state index < -0.39 is 0 Å². The van der Waals surface area contributed by atoms with E-state index in [9.17, 15) is 0 Å². The maximum atomic E-state index is 2.31. The smallest absolute Gasteiger partial charge is 0.0725 e. The fraction of sp³-hybridized carbons (Fsp3) is 0.273. The predicted molar refractivity (Wildman–Crippen MR) is 149 cm³/mol.